The van der Waals surface area contributed by atoms with Crippen LogP contribution >= 0.6 is 0 Å². The molecule has 3 fully saturated rings. The SMILES string of the molecule is C.O=C([C@@H]1C[NH2+]C[C@]12C[NH2+]Cc1c(OCC(F)(F)F)cccc12)N1CC[C@@H](c2ccccc2)C[C@H]1C1CCC(F)(F)CC1.[Cl-].[Cl-]. The number of quaternary nitrogens is 2. The maximum Gasteiger partial charge on any atom is 0.422 e. The fourth-order valence-electron chi connectivity index (χ4n) is 8.25. The smallest absolute Gasteiger partial charge is 0.422 e. The van der Waals surface area contributed by atoms with Crippen LogP contribution in [0.3, 0.4) is 0 Å². The second-order valence-corrected chi connectivity index (χ2v) is 12.7. The van der Waals surface area contributed by atoms with Crippen molar-refractivity contribution in [3.8, 4) is 5.75 Å². The number of carbonyl (C=O) groups is 1. The number of likely N-dealkylation sites (tertiary alicyclic amines) is 1. The molecule has 1 aliphatic carbocycles. The molecule has 3 aliphatic heterocycles. The molecule has 1 saturated carbocycles. The minimum Gasteiger partial charge on any atom is -1.00 e. The molecule has 0 unspecified atom stereocenters. The fourth-order valence-corrected chi connectivity index (χ4v) is 8.25. The number of amides is 1. The van der Waals surface area contributed by atoms with Gasteiger partial charge in [0.2, 0.25) is 11.8 Å². The number of halogens is 7. The molecule has 1 spiro atoms. The van der Waals surface area contributed by atoms with Crippen LogP contribution in [0.15, 0.2) is 48.5 Å². The Labute approximate surface area is 274 Å². The van der Waals surface area contributed by atoms with Crippen molar-refractivity contribution in [2.75, 3.05) is 32.8 Å². The lowest BCUT2D eigenvalue weighted by molar-refractivity contribution is -0.691. The predicted octanol–water partition coefficient (Wildman–Crippen LogP) is -1.62. The van der Waals surface area contributed by atoms with E-state index in [0.717, 1.165) is 24.0 Å². The van der Waals surface area contributed by atoms with E-state index in [1.165, 1.54) is 5.56 Å². The second-order valence-electron chi connectivity index (χ2n) is 12.7. The van der Waals surface area contributed by atoms with Gasteiger partial charge < -0.3 is 45.1 Å². The van der Waals surface area contributed by atoms with Crippen LogP contribution in [0.1, 0.15) is 68.6 Å². The number of piperidine rings is 1. The first-order valence-electron chi connectivity index (χ1n) is 15.2. The number of carbonyl (C=O) groups excluding carboxylic acids is 1. The number of rotatable bonds is 5. The zero-order chi connectivity index (χ0) is 29.5. The number of hydrogen-bond acceptors (Lipinski definition) is 2. The summed E-state index contributed by atoms with van der Waals surface area (Å²) in [5.74, 6) is -2.43. The maximum absolute atomic E-state index is 14.6. The molecule has 6 rings (SSSR count). The van der Waals surface area contributed by atoms with Gasteiger partial charge in [-0.1, -0.05) is 49.9 Å². The van der Waals surface area contributed by atoms with Crippen molar-refractivity contribution in [3.63, 3.8) is 0 Å². The minimum absolute atomic E-state index is 0. The summed E-state index contributed by atoms with van der Waals surface area (Å²) in [6.45, 7) is 1.63. The molecule has 0 aromatic heterocycles. The third-order valence-electron chi connectivity index (χ3n) is 10.3. The first-order valence-corrected chi connectivity index (χ1v) is 15.2. The topological polar surface area (TPSA) is 62.8 Å². The average molecular weight is 681 g/mol. The van der Waals surface area contributed by atoms with E-state index in [1.807, 2.05) is 29.2 Å². The van der Waals surface area contributed by atoms with Crippen molar-refractivity contribution in [1.29, 1.82) is 0 Å². The van der Waals surface area contributed by atoms with E-state index in [2.05, 4.69) is 22.8 Å². The van der Waals surface area contributed by atoms with Crippen LogP contribution in [0, 0.1) is 11.8 Å². The lowest BCUT2D eigenvalue weighted by atomic mass is 9.67. The van der Waals surface area contributed by atoms with Gasteiger partial charge in [0.05, 0.1) is 25.2 Å². The van der Waals surface area contributed by atoms with Crippen molar-refractivity contribution in [3.05, 3.63) is 65.2 Å². The molecular weight excluding hydrogens is 636 g/mol. The Balaban J connectivity index is 0.00000184. The van der Waals surface area contributed by atoms with Crippen LogP contribution in [0.4, 0.5) is 22.0 Å². The molecule has 252 valence electrons. The molecule has 4 aliphatic rings. The fraction of sp³-hybridized carbons (Fsp3) is 0.606. The summed E-state index contributed by atoms with van der Waals surface area (Å²) >= 11 is 0. The molecule has 0 bridgehead atoms. The van der Waals surface area contributed by atoms with Gasteiger partial charge in [0.15, 0.2) is 6.61 Å². The summed E-state index contributed by atoms with van der Waals surface area (Å²) in [4.78, 5) is 16.6. The summed E-state index contributed by atoms with van der Waals surface area (Å²) in [5.41, 5.74) is 2.33. The van der Waals surface area contributed by atoms with E-state index in [-0.39, 0.29) is 80.5 Å². The number of hydrogen-bond donors (Lipinski definition) is 2. The van der Waals surface area contributed by atoms with Crippen molar-refractivity contribution in [2.45, 2.75) is 82.0 Å². The second kappa shape index (κ2) is 14.7. The Morgan fingerprint density at radius 2 is 1.64 bits per heavy atom. The van der Waals surface area contributed by atoms with Gasteiger partial charge in [-0.3, -0.25) is 4.79 Å². The zero-order valence-electron chi connectivity index (χ0n) is 24.5. The molecule has 2 aromatic carbocycles. The van der Waals surface area contributed by atoms with Crippen molar-refractivity contribution >= 4 is 5.91 Å². The van der Waals surface area contributed by atoms with E-state index in [0.29, 0.717) is 45.6 Å². The summed E-state index contributed by atoms with van der Waals surface area (Å²) in [5, 5.41) is 4.21. The Hall–Kier alpha value is -2.14. The molecule has 0 radical (unpaired) electrons. The maximum atomic E-state index is 14.6. The lowest BCUT2D eigenvalue weighted by Gasteiger charge is -2.47. The van der Waals surface area contributed by atoms with Gasteiger partial charge in [-0.25, -0.2) is 8.78 Å². The Morgan fingerprint density at radius 3 is 2.33 bits per heavy atom. The van der Waals surface area contributed by atoms with Crippen LogP contribution < -0.4 is 40.2 Å². The van der Waals surface area contributed by atoms with Gasteiger partial charge in [0, 0.05) is 25.4 Å². The van der Waals surface area contributed by atoms with Crippen LogP contribution in [-0.4, -0.2) is 61.7 Å². The highest BCUT2D eigenvalue weighted by Gasteiger charge is 2.57. The van der Waals surface area contributed by atoms with Crippen LogP contribution in [-0.2, 0) is 16.8 Å². The van der Waals surface area contributed by atoms with E-state index in [4.69, 9.17) is 4.74 Å². The monoisotopic (exact) mass is 679 g/mol. The molecule has 4 N–H and O–H groups in total. The van der Waals surface area contributed by atoms with Gasteiger partial charge >= 0.3 is 6.18 Å². The van der Waals surface area contributed by atoms with E-state index >= 15 is 0 Å². The number of ether oxygens (including phenoxy) is 1. The quantitative estimate of drug-likeness (QED) is 0.374. The third-order valence-corrected chi connectivity index (χ3v) is 10.3. The van der Waals surface area contributed by atoms with Crippen LogP contribution in [0.25, 0.3) is 0 Å². The van der Waals surface area contributed by atoms with Gasteiger partial charge in [-0.2, -0.15) is 13.2 Å². The van der Waals surface area contributed by atoms with E-state index in [1.54, 1.807) is 12.1 Å². The Bertz CT molecular complexity index is 1270. The molecule has 2 saturated heterocycles. The van der Waals surface area contributed by atoms with E-state index < -0.39 is 24.1 Å². The van der Waals surface area contributed by atoms with Gasteiger partial charge in [-0.15, -0.1) is 0 Å². The number of nitrogens with zero attached hydrogens (tertiary/aromatic N) is 1. The summed E-state index contributed by atoms with van der Waals surface area (Å²) < 4.78 is 72.5. The lowest BCUT2D eigenvalue weighted by Crippen LogP contribution is -3.00. The first-order chi connectivity index (χ1) is 20.1. The molecular formula is C33H44Cl2F5N3O2. The normalized spacial score (nSPS) is 27.8. The van der Waals surface area contributed by atoms with Gasteiger partial charge in [-0.05, 0) is 54.7 Å². The molecule has 12 heteroatoms. The van der Waals surface area contributed by atoms with Crippen molar-refractivity contribution in [2.24, 2.45) is 11.8 Å². The molecule has 5 nitrogen and oxygen atoms in total. The summed E-state index contributed by atoms with van der Waals surface area (Å²) in [6, 6.07) is 15.4. The first kappa shape index (κ1) is 37.3. The number of fused-ring (bicyclic) bond motifs is 2. The number of alkyl halides is 5. The summed E-state index contributed by atoms with van der Waals surface area (Å²) in [7, 11) is 0. The van der Waals surface area contributed by atoms with Gasteiger partial charge in [0.1, 0.15) is 23.6 Å². The molecule has 3 heterocycles. The van der Waals surface area contributed by atoms with E-state index in [9.17, 15) is 26.7 Å². The standard InChI is InChI=1S/C32H38F5N3O2.CH4.2ClH/c33-31(34)12-9-22(10-13-31)27-15-23(21-5-2-1-3-6-21)11-14-40(27)29(41)26-17-39-19-30(26)18-38-16-24-25(30)7-4-8-28(24)42-20-32(35,36)37;;;/h1-8,22-23,26-27,38-39H,9-20H2;1H4;2*1H/t23-,26+,27+,30+;;;/m1.../s1. The van der Waals surface area contributed by atoms with Crippen molar-refractivity contribution in [1.82, 2.24) is 4.90 Å². The molecule has 4 atom stereocenters. The highest BCUT2D eigenvalue weighted by atomic mass is 35.5. The Kier molecular flexibility index (Phi) is 12.2. The predicted molar refractivity (Wildman–Crippen MR) is 153 cm³/mol. The number of benzene rings is 2. The highest BCUT2D eigenvalue weighted by molar-refractivity contribution is 5.82. The molecule has 45 heavy (non-hydrogen) atoms. The highest BCUT2D eigenvalue weighted by Crippen LogP contribution is 2.46. The third kappa shape index (κ3) is 7.71. The molecule has 1 amide bonds. The zero-order valence-corrected chi connectivity index (χ0v) is 26.0. The van der Waals surface area contributed by atoms with Crippen LogP contribution in [0.2, 0.25) is 0 Å². The molecule has 2 aromatic rings. The average Bonchev–Trinajstić information content (AvgIpc) is 3.39. The summed E-state index contributed by atoms with van der Waals surface area (Å²) in [6.07, 6.45) is -2.34. The largest absolute Gasteiger partial charge is 1.00 e. The van der Waals surface area contributed by atoms with Crippen molar-refractivity contribution < 1.29 is 66.9 Å². The Morgan fingerprint density at radius 1 is 0.956 bits per heavy atom. The van der Waals surface area contributed by atoms with Gasteiger partial charge in [0.25, 0.3) is 0 Å². The minimum atomic E-state index is -4.44. The van der Waals surface area contributed by atoms with Crippen LogP contribution in [0.5, 0.6) is 5.75 Å². The number of nitrogens with two attached hydrogens (primary N) is 2.